The van der Waals surface area contributed by atoms with E-state index >= 15 is 0 Å². The number of H-pyrrole nitrogens is 1. The third kappa shape index (κ3) is 7.97. The van der Waals surface area contributed by atoms with Gasteiger partial charge in [0, 0.05) is 43.9 Å². The first-order valence-corrected chi connectivity index (χ1v) is 10.8. The highest BCUT2D eigenvalue weighted by Gasteiger charge is 2.38. The van der Waals surface area contributed by atoms with Crippen LogP contribution in [0, 0.1) is 12.5 Å². The summed E-state index contributed by atoms with van der Waals surface area (Å²) >= 11 is 0. The van der Waals surface area contributed by atoms with Crippen molar-refractivity contribution in [3.63, 3.8) is 0 Å². The zero-order chi connectivity index (χ0) is 25.0. The molecule has 2 saturated heterocycles. The summed E-state index contributed by atoms with van der Waals surface area (Å²) in [6.45, 7) is 19.5. The largest absolute Gasteiger partial charge is 0.444 e. The summed E-state index contributed by atoms with van der Waals surface area (Å²) in [6.07, 6.45) is -0.652. The van der Waals surface area contributed by atoms with E-state index in [1.807, 2.05) is 20.8 Å². The predicted molar refractivity (Wildman–Crippen MR) is 121 cm³/mol. The standard InChI is InChI=1S/C11H18N4O2.C11H16N2O3/c1-11(2,3)17-10(16)15-5-7(6-15)8-4-9(12)14-13-8;1-11(2,3)16-10(15)13-6-8(7-13)9(14)5-12-4/h4,7H,5-6H2,1-3H3,(H3,12,13,14);8H,5-7H2,1-3H3. The molecule has 3 rings (SSSR count). The molecule has 0 radical (unpaired) electrons. The molecule has 2 aliphatic heterocycles. The Labute approximate surface area is 194 Å². The van der Waals surface area contributed by atoms with E-state index in [0.29, 0.717) is 32.0 Å². The van der Waals surface area contributed by atoms with E-state index in [1.54, 1.807) is 31.7 Å². The Morgan fingerprint density at radius 2 is 1.55 bits per heavy atom. The molecule has 182 valence electrons. The van der Waals surface area contributed by atoms with E-state index < -0.39 is 11.2 Å². The van der Waals surface area contributed by atoms with Gasteiger partial charge in [-0.05, 0) is 41.5 Å². The number of Topliss-reactive ketones (excluding diaryl/α,β-unsaturated/α-hetero) is 1. The van der Waals surface area contributed by atoms with Crippen LogP contribution in [0.15, 0.2) is 6.07 Å². The van der Waals surface area contributed by atoms with Crippen LogP contribution in [0.1, 0.15) is 53.2 Å². The normalized spacial score (nSPS) is 16.5. The van der Waals surface area contributed by atoms with Crippen LogP contribution in [-0.2, 0) is 14.3 Å². The first-order valence-electron chi connectivity index (χ1n) is 10.8. The van der Waals surface area contributed by atoms with Crippen LogP contribution in [0.25, 0.3) is 4.85 Å². The predicted octanol–water partition coefficient (Wildman–Crippen LogP) is 2.67. The minimum atomic E-state index is -0.511. The van der Waals surface area contributed by atoms with Gasteiger partial charge in [0.1, 0.15) is 17.0 Å². The van der Waals surface area contributed by atoms with Crippen LogP contribution >= 0.6 is 0 Å². The van der Waals surface area contributed by atoms with E-state index in [0.717, 1.165) is 5.69 Å². The molecule has 2 fully saturated rings. The van der Waals surface area contributed by atoms with Gasteiger partial charge in [-0.2, -0.15) is 5.10 Å². The molecule has 3 N–H and O–H groups in total. The average molecular weight is 463 g/mol. The second-order valence-electron chi connectivity index (χ2n) is 10.2. The molecule has 0 aliphatic carbocycles. The SMILES string of the molecule is CC(C)(C)OC(=O)N1CC(c2cc(N)n[nH]2)C1.[C-]#[N+]CC(=O)C1CN(C(=O)OC(C)(C)C)C1. The molecule has 1 aromatic rings. The van der Waals surface area contributed by atoms with Crippen molar-refractivity contribution in [1.82, 2.24) is 20.0 Å². The van der Waals surface area contributed by atoms with E-state index in [4.69, 9.17) is 21.8 Å². The maximum absolute atomic E-state index is 11.7. The van der Waals surface area contributed by atoms with Gasteiger partial charge in [-0.1, -0.05) is 0 Å². The number of ether oxygens (including phenoxy) is 2. The van der Waals surface area contributed by atoms with Crippen molar-refractivity contribution in [2.75, 3.05) is 38.5 Å². The smallest absolute Gasteiger partial charge is 0.410 e. The Bertz CT molecular complexity index is 896. The van der Waals surface area contributed by atoms with Crippen molar-refractivity contribution >= 4 is 23.8 Å². The lowest BCUT2D eigenvalue weighted by molar-refractivity contribution is -0.125. The van der Waals surface area contributed by atoms with Crippen LogP contribution in [-0.4, -0.2) is 81.9 Å². The number of hydrogen-bond donors (Lipinski definition) is 2. The molecular formula is C22H34N6O5. The highest BCUT2D eigenvalue weighted by atomic mass is 16.6. The van der Waals surface area contributed by atoms with Crippen molar-refractivity contribution in [3.05, 3.63) is 23.2 Å². The minimum Gasteiger partial charge on any atom is -0.444 e. The summed E-state index contributed by atoms with van der Waals surface area (Å²) in [4.78, 5) is 40.7. The van der Waals surface area contributed by atoms with Crippen LogP contribution in [0.3, 0.4) is 0 Å². The highest BCUT2D eigenvalue weighted by Crippen LogP contribution is 2.27. The number of likely N-dealkylation sites (tertiary alicyclic amines) is 2. The van der Waals surface area contributed by atoms with Gasteiger partial charge in [-0.25, -0.2) is 16.2 Å². The molecule has 0 saturated carbocycles. The number of amides is 2. The van der Waals surface area contributed by atoms with Gasteiger partial charge in [0.15, 0.2) is 0 Å². The Kier molecular flexibility index (Phi) is 7.95. The fraction of sp³-hybridized carbons (Fsp3) is 0.682. The Hall–Kier alpha value is -3.29. The van der Waals surface area contributed by atoms with Gasteiger partial charge in [0.05, 0.1) is 5.92 Å². The fourth-order valence-corrected chi connectivity index (χ4v) is 3.08. The number of carbonyl (C=O) groups excluding carboxylic acids is 3. The van der Waals surface area contributed by atoms with Crippen LogP contribution in [0.4, 0.5) is 15.4 Å². The quantitative estimate of drug-likeness (QED) is 0.659. The molecule has 33 heavy (non-hydrogen) atoms. The van der Waals surface area contributed by atoms with E-state index in [1.165, 1.54) is 4.90 Å². The van der Waals surface area contributed by atoms with Crippen molar-refractivity contribution in [3.8, 4) is 0 Å². The first-order chi connectivity index (χ1) is 15.2. The average Bonchev–Trinajstić information content (AvgIpc) is 2.95. The molecule has 11 nitrogen and oxygen atoms in total. The van der Waals surface area contributed by atoms with Gasteiger partial charge >= 0.3 is 12.2 Å². The summed E-state index contributed by atoms with van der Waals surface area (Å²) in [5.74, 6) is 0.500. The maximum atomic E-state index is 11.7. The number of nitrogens with zero attached hydrogens (tertiary/aromatic N) is 4. The van der Waals surface area contributed by atoms with Crippen LogP contribution in [0.2, 0.25) is 0 Å². The molecule has 0 aromatic carbocycles. The highest BCUT2D eigenvalue weighted by molar-refractivity contribution is 5.87. The fourth-order valence-electron chi connectivity index (χ4n) is 3.08. The molecule has 2 amide bonds. The Morgan fingerprint density at radius 1 is 1.06 bits per heavy atom. The van der Waals surface area contributed by atoms with E-state index in [9.17, 15) is 14.4 Å². The third-order valence-corrected chi connectivity index (χ3v) is 4.81. The van der Waals surface area contributed by atoms with Crippen LogP contribution in [0.5, 0.6) is 0 Å². The Morgan fingerprint density at radius 3 is 1.94 bits per heavy atom. The third-order valence-electron chi connectivity index (χ3n) is 4.81. The second-order valence-corrected chi connectivity index (χ2v) is 10.2. The van der Waals surface area contributed by atoms with Crippen molar-refractivity contribution in [2.24, 2.45) is 5.92 Å². The number of rotatable bonds is 3. The number of aromatic nitrogens is 2. The van der Waals surface area contributed by atoms with Gasteiger partial charge in [-0.3, -0.25) is 9.89 Å². The summed E-state index contributed by atoms with van der Waals surface area (Å²) in [7, 11) is 0. The second kappa shape index (κ2) is 10.1. The molecule has 0 spiro atoms. The lowest BCUT2D eigenvalue weighted by Crippen LogP contribution is -2.54. The summed E-state index contributed by atoms with van der Waals surface area (Å²) in [6, 6.07) is 1.80. The number of ketones is 1. The Balaban J connectivity index is 0.000000234. The molecule has 3 heterocycles. The number of nitrogen functional groups attached to an aromatic ring is 1. The summed E-state index contributed by atoms with van der Waals surface area (Å²) in [5.41, 5.74) is 5.54. The molecule has 1 aromatic heterocycles. The van der Waals surface area contributed by atoms with E-state index in [-0.39, 0.29) is 36.4 Å². The number of hydrogen-bond acceptors (Lipinski definition) is 7. The lowest BCUT2D eigenvalue weighted by Gasteiger charge is -2.39. The van der Waals surface area contributed by atoms with E-state index in [2.05, 4.69) is 15.0 Å². The molecule has 11 heteroatoms. The zero-order valence-corrected chi connectivity index (χ0v) is 20.2. The molecule has 0 bridgehead atoms. The van der Waals surface area contributed by atoms with Gasteiger partial charge in [0.25, 0.3) is 6.54 Å². The van der Waals surface area contributed by atoms with Crippen molar-refractivity contribution in [2.45, 2.75) is 58.7 Å². The van der Waals surface area contributed by atoms with Crippen molar-refractivity contribution in [1.29, 1.82) is 0 Å². The monoisotopic (exact) mass is 462 g/mol. The van der Waals surface area contributed by atoms with Crippen molar-refractivity contribution < 1.29 is 23.9 Å². The minimum absolute atomic E-state index is 0.0881. The number of carbonyl (C=O) groups is 3. The first kappa shape index (κ1) is 26.0. The maximum Gasteiger partial charge on any atom is 0.410 e. The van der Waals surface area contributed by atoms with Gasteiger partial charge in [0.2, 0.25) is 5.78 Å². The lowest BCUT2D eigenvalue weighted by atomic mass is 9.96. The number of aromatic amines is 1. The molecular weight excluding hydrogens is 428 g/mol. The zero-order valence-electron chi connectivity index (χ0n) is 20.2. The molecule has 0 atom stereocenters. The summed E-state index contributed by atoms with van der Waals surface area (Å²) in [5, 5.41) is 6.73. The number of nitrogens with two attached hydrogens (primary N) is 1. The van der Waals surface area contributed by atoms with Gasteiger partial charge in [-0.15, -0.1) is 0 Å². The molecule has 2 aliphatic rings. The van der Waals surface area contributed by atoms with Crippen LogP contribution < -0.4 is 5.73 Å². The number of nitrogens with one attached hydrogen (secondary N) is 1. The number of anilines is 1. The summed E-state index contributed by atoms with van der Waals surface area (Å²) < 4.78 is 10.4. The topological polar surface area (TPSA) is 135 Å². The molecule has 0 unspecified atom stereocenters. The van der Waals surface area contributed by atoms with Gasteiger partial charge < -0.3 is 29.9 Å².